The predicted octanol–water partition coefficient (Wildman–Crippen LogP) is 3.82. The quantitative estimate of drug-likeness (QED) is 0.549. The summed E-state index contributed by atoms with van der Waals surface area (Å²) in [7, 11) is 1.32. The van der Waals surface area contributed by atoms with Gasteiger partial charge in [0.1, 0.15) is 6.61 Å². The van der Waals surface area contributed by atoms with Crippen molar-refractivity contribution < 1.29 is 19.1 Å². The van der Waals surface area contributed by atoms with Crippen molar-refractivity contribution in [1.82, 2.24) is 5.32 Å². The number of amides is 1. The first-order valence-corrected chi connectivity index (χ1v) is 8.46. The average molecular weight is 439 g/mol. The molecule has 0 spiro atoms. The van der Waals surface area contributed by atoms with Gasteiger partial charge in [-0.1, -0.05) is 42.5 Å². The van der Waals surface area contributed by atoms with E-state index < -0.39 is 18.1 Å². The monoisotopic (exact) mass is 439 g/mol. The first-order valence-electron chi connectivity index (χ1n) is 7.38. The number of esters is 1. The lowest BCUT2D eigenvalue weighted by atomic mass is 10.0. The fourth-order valence-electron chi connectivity index (χ4n) is 2.13. The molecule has 0 heterocycles. The van der Waals surface area contributed by atoms with Crippen LogP contribution in [0.2, 0.25) is 0 Å². The van der Waals surface area contributed by atoms with Crippen molar-refractivity contribution in [2.24, 2.45) is 0 Å². The lowest BCUT2D eigenvalue weighted by Gasteiger charge is -2.18. The molecule has 6 heteroatoms. The third-order valence-corrected chi connectivity index (χ3v) is 4.03. The Morgan fingerprint density at radius 1 is 1.12 bits per heavy atom. The Morgan fingerprint density at radius 3 is 2.54 bits per heavy atom. The maximum Gasteiger partial charge on any atom is 0.407 e. The number of hydrogen-bond acceptors (Lipinski definition) is 4. The highest BCUT2D eigenvalue weighted by Crippen LogP contribution is 2.20. The van der Waals surface area contributed by atoms with Crippen molar-refractivity contribution in [3.05, 3.63) is 69.3 Å². The molecule has 0 unspecified atom stereocenters. The van der Waals surface area contributed by atoms with Crippen LogP contribution in [-0.2, 0) is 20.9 Å². The highest BCUT2D eigenvalue weighted by Gasteiger charge is 2.20. The number of alkyl carbamates (subject to hydrolysis) is 1. The molecule has 0 saturated carbocycles. The van der Waals surface area contributed by atoms with Gasteiger partial charge in [0.05, 0.1) is 19.6 Å². The second-order valence-electron chi connectivity index (χ2n) is 5.09. The zero-order chi connectivity index (χ0) is 17.4. The van der Waals surface area contributed by atoms with Crippen molar-refractivity contribution in [2.75, 3.05) is 7.11 Å². The Labute approximate surface area is 154 Å². The van der Waals surface area contributed by atoms with Crippen LogP contribution < -0.4 is 5.32 Å². The van der Waals surface area contributed by atoms with Crippen LogP contribution >= 0.6 is 22.6 Å². The lowest BCUT2D eigenvalue weighted by Crippen LogP contribution is -2.31. The van der Waals surface area contributed by atoms with Crippen molar-refractivity contribution in [3.63, 3.8) is 0 Å². The normalized spacial score (nSPS) is 11.4. The molecule has 0 bridgehead atoms. The van der Waals surface area contributed by atoms with E-state index in [1.54, 1.807) is 0 Å². The van der Waals surface area contributed by atoms with Gasteiger partial charge in [0.25, 0.3) is 0 Å². The summed E-state index contributed by atoms with van der Waals surface area (Å²) >= 11 is 2.18. The molecule has 0 aliphatic rings. The second-order valence-corrected chi connectivity index (χ2v) is 6.34. The fourth-order valence-corrected chi connectivity index (χ4v) is 2.70. The molecule has 0 aliphatic carbocycles. The largest absolute Gasteiger partial charge is 0.469 e. The van der Waals surface area contributed by atoms with Crippen LogP contribution in [0.25, 0.3) is 0 Å². The van der Waals surface area contributed by atoms with Crippen LogP contribution in [0.15, 0.2) is 54.6 Å². The molecule has 2 aromatic carbocycles. The second kappa shape index (κ2) is 9.27. The molecule has 0 saturated heterocycles. The van der Waals surface area contributed by atoms with Crippen LogP contribution in [0.4, 0.5) is 4.79 Å². The average Bonchev–Trinajstić information content (AvgIpc) is 2.60. The van der Waals surface area contributed by atoms with Gasteiger partial charge in [0, 0.05) is 3.57 Å². The van der Waals surface area contributed by atoms with E-state index in [1.807, 2.05) is 54.6 Å². The van der Waals surface area contributed by atoms with Gasteiger partial charge >= 0.3 is 12.1 Å². The van der Waals surface area contributed by atoms with E-state index in [4.69, 9.17) is 9.47 Å². The molecule has 24 heavy (non-hydrogen) atoms. The maximum absolute atomic E-state index is 12.1. The molecule has 1 atom stereocenters. The van der Waals surface area contributed by atoms with E-state index in [9.17, 15) is 9.59 Å². The molecule has 2 rings (SSSR count). The Balaban J connectivity index is 2.01. The smallest absolute Gasteiger partial charge is 0.407 e. The highest BCUT2D eigenvalue weighted by molar-refractivity contribution is 14.1. The topological polar surface area (TPSA) is 64.6 Å². The predicted molar refractivity (Wildman–Crippen MR) is 98.3 cm³/mol. The van der Waals surface area contributed by atoms with E-state index in [-0.39, 0.29) is 13.0 Å². The van der Waals surface area contributed by atoms with Crippen LogP contribution in [0.1, 0.15) is 23.6 Å². The van der Waals surface area contributed by atoms with Gasteiger partial charge < -0.3 is 14.8 Å². The van der Waals surface area contributed by atoms with Crippen LogP contribution in [0, 0.1) is 3.57 Å². The fraction of sp³-hybridized carbons (Fsp3) is 0.222. The van der Waals surface area contributed by atoms with E-state index >= 15 is 0 Å². The van der Waals surface area contributed by atoms with E-state index in [1.165, 1.54) is 7.11 Å². The molecule has 1 N–H and O–H groups in total. The zero-order valence-electron chi connectivity index (χ0n) is 13.2. The SMILES string of the molecule is COC(=O)C[C@@H](NC(=O)OCc1ccccc1)c1cccc(I)c1. The third kappa shape index (κ3) is 5.84. The Morgan fingerprint density at radius 2 is 1.88 bits per heavy atom. The van der Waals surface area contributed by atoms with Gasteiger partial charge in [-0.25, -0.2) is 4.79 Å². The van der Waals surface area contributed by atoms with Gasteiger partial charge in [-0.05, 0) is 45.9 Å². The number of methoxy groups -OCH3 is 1. The van der Waals surface area contributed by atoms with E-state index in [0.29, 0.717) is 0 Å². The minimum atomic E-state index is -0.577. The summed E-state index contributed by atoms with van der Waals surface area (Å²) in [6.07, 6.45) is -0.538. The molecular formula is C18H18INO4. The molecule has 0 fully saturated rings. The first-order chi connectivity index (χ1) is 11.6. The summed E-state index contributed by atoms with van der Waals surface area (Å²) in [6.45, 7) is 0.171. The van der Waals surface area contributed by atoms with Crippen molar-refractivity contribution in [3.8, 4) is 0 Å². The summed E-state index contributed by atoms with van der Waals surface area (Å²) in [5.41, 5.74) is 1.72. The minimum absolute atomic E-state index is 0.0387. The third-order valence-electron chi connectivity index (χ3n) is 3.35. The van der Waals surface area contributed by atoms with Crippen molar-refractivity contribution in [1.29, 1.82) is 0 Å². The number of ether oxygens (including phenoxy) is 2. The minimum Gasteiger partial charge on any atom is -0.469 e. The highest BCUT2D eigenvalue weighted by atomic mass is 127. The maximum atomic E-state index is 12.1. The summed E-state index contributed by atoms with van der Waals surface area (Å²) in [5, 5.41) is 2.73. The van der Waals surface area contributed by atoms with Crippen molar-refractivity contribution >= 4 is 34.7 Å². The van der Waals surface area contributed by atoms with Gasteiger partial charge in [-0.3, -0.25) is 4.79 Å². The van der Waals surface area contributed by atoms with Gasteiger partial charge in [0.2, 0.25) is 0 Å². The van der Waals surface area contributed by atoms with Crippen molar-refractivity contribution in [2.45, 2.75) is 19.1 Å². The van der Waals surface area contributed by atoms with E-state index in [2.05, 4.69) is 27.9 Å². The molecule has 126 valence electrons. The van der Waals surface area contributed by atoms with Gasteiger partial charge in [-0.15, -0.1) is 0 Å². The number of nitrogens with one attached hydrogen (secondary N) is 1. The molecule has 1 amide bonds. The number of hydrogen-bond donors (Lipinski definition) is 1. The number of benzene rings is 2. The molecule has 2 aromatic rings. The van der Waals surface area contributed by atoms with Gasteiger partial charge in [0.15, 0.2) is 0 Å². The molecule has 0 aromatic heterocycles. The van der Waals surface area contributed by atoms with E-state index in [0.717, 1.165) is 14.7 Å². The molecule has 5 nitrogen and oxygen atoms in total. The molecule has 0 radical (unpaired) electrons. The summed E-state index contributed by atoms with van der Waals surface area (Å²) in [6, 6.07) is 16.5. The lowest BCUT2D eigenvalue weighted by molar-refractivity contribution is -0.141. The number of halogens is 1. The standard InChI is InChI=1S/C18H18INO4/c1-23-17(21)11-16(14-8-5-9-15(19)10-14)20-18(22)24-12-13-6-3-2-4-7-13/h2-10,16H,11-12H2,1H3,(H,20,22)/t16-/m1/s1. The summed E-state index contributed by atoms with van der Waals surface area (Å²) in [5.74, 6) is -0.401. The summed E-state index contributed by atoms with van der Waals surface area (Å²) < 4.78 is 10.9. The Hall–Kier alpha value is -2.09. The Kier molecular flexibility index (Phi) is 7.05. The number of carbonyl (C=O) groups excluding carboxylic acids is 2. The molecular weight excluding hydrogens is 421 g/mol. The molecule has 0 aliphatic heterocycles. The van der Waals surface area contributed by atoms with Gasteiger partial charge in [-0.2, -0.15) is 0 Å². The summed E-state index contributed by atoms with van der Waals surface area (Å²) in [4.78, 5) is 23.7. The van der Waals surface area contributed by atoms with Crippen LogP contribution in [0.3, 0.4) is 0 Å². The zero-order valence-corrected chi connectivity index (χ0v) is 15.4. The Bertz CT molecular complexity index is 690. The number of carbonyl (C=O) groups is 2. The number of rotatable bonds is 6. The van der Waals surface area contributed by atoms with Crippen LogP contribution in [-0.4, -0.2) is 19.2 Å². The first kappa shape index (κ1) is 18.3. The van der Waals surface area contributed by atoms with Crippen LogP contribution in [0.5, 0.6) is 0 Å².